The largest absolute Gasteiger partial charge is 0.478 e. The van der Waals surface area contributed by atoms with Gasteiger partial charge >= 0.3 is 0 Å². The van der Waals surface area contributed by atoms with Gasteiger partial charge in [-0.25, -0.2) is 17.2 Å². The lowest BCUT2D eigenvalue weighted by Gasteiger charge is -2.27. The molecular weight excluding hydrogens is 418 g/mol. The molecule has 0 bridgehead atoms. The predicted octanol–water partition coefficient (Wildman–Crippen LogP) is 2.70. The predicted molar refractivity (Wildman–Crippen MR) is 106 cm³/mol. The first kappa shape index (κ1) is 22.1. The molecule has 1 aliphatic heterocycles. The minimum absolute atomic E-state index is 0.0837. The van der Waals surface area contributed by atoms with E-state index in [9.17, 15) is 22.0 Å². The molecule has 1 atom stereocenters. The van der Waals surface area contributed by atoms with Gasteiger partial charge in [-0.1, -0.05) is 6.07 Å². The molecule has 0 unspecified atom stereocenters. The van der Waals surface area contributed by atoms with Crippen LogP contribution in [0.15, 0.2) is 41.3 Å². The first-order valence-electron chi connectivity index (χ1n) is 9.29. The zero-order valence-electron chi connectivity index (χ0n) is 16.5. The minimum atomic E-state index is -3.74. The maximum atomic E-state index is 13.7. The molecule has 7 nitrogen and oxygen atoms in total. The van der Waals surface area contributed by atoms with Gasteiger partial charge in [-0.15, -0.1) is 0 Å². The molecule has 1 fully saturated rings. The van der Waals surface area contributed by atoms with Gasteiger partial charge in [0.05, 0.1) is 18.1 Å². The highest BCUT2D eigenvalue weighted by Crippen LogP contribution is 2.25. The Bertz CT molecular complexity index is 1040. The molecular formula is C20H22F2N2O5S. The number of morpholine rings is 1. The van der Waals surface area contributed by atoms with E-state index in [1.165, 1.54) is 17.3 Å². The summed E-state index contributed by atoms with van der Waals surface area (Å²) in [6.07, 6.45) is -1.11. The number of amides is 1. The first-order valence-corrected chi connectivity index (χ1v) is 10.7. The molecule has 1 N–H and O–H groups in total. The van der Waals surface area contributed by atoms with Crippen LogP contribution in [0.25, 0.3) is 0 Å². The van der Waals surface area contributed by atoms with Gasteiger partial charge in [0.15, 0.2) is 17.7 Å². The Labute approximate surface area is 173 Å². The summed E-state index contributed by atoms with van der Waals surface area (Å²) in [4.78, 5) is 12.5. The lowest BCUT2D eigenvalue weighted by molar-refractivity contribution is -0.122. The molecule has 3 rings (SSSR count). The third-order valence-corrected chi connectivity index (χ3v) is 6.65. The number of carbonyl (C=O) groups is 1. The molecule has 0 spiro atoms. The number of hydrogen-bond donors (Lipinski definition) is 1. The van der Waals surface area contributed by atoms with Crippen molar-refractivity contribution in [1.29, 1.82) is 0 Å². The van der Waals surface area contributed by atoms with Gasteiger partial charge in [0, 0.05) is 24.8 Å². The number of nitrogens with zero attached hydrogens (tertiary/aromatic N) is 1. The van der Waals surface area contributed by atoms with E-state index in [1.807, 2.05) is 0 Å². The molecule has 0 saturated carbocycles. The molecule has 0 aromatic heterocycles. The van der Waals surface area contributed by atoms with E-state index < -0.39 is 33.7 Å². The van der Waals surface area contributed by atoms with E-state index >= 15 is 0 Å². The van der Waals surface area contributed by atoms with Gasteiger partial charge in [-0.05, 0) is 43.7 Å². The van der Waals surface area contributed by atoms with Crippen LogP contribution in [0.4, 0.5) is 14.5 Å². The SMILES string of the molecule is Cc1ccc(NC(=O)[C@@H](C)Oc2ccc(F)cc2F)cc1S(=O)(=O)N1CCOCC1. The van der Waals surface area contributed by atoms with Crippen molar-refractivity contribution in [2.24, 2.45) is 0 Å². The van der Waals surface area contributed by atoms with Crippen molar-refractivity contribution < 1.29 is 31.5 Å². The van der Waals surface area contributed by atoms with Crippen LogP contribution in [-0.2, 0) is 19.6 Å². The standard InChI is InChI=1S/C20H22F2N2O5S/c1-13-3-5-16(12-19(13)30(26,27)24-7-9-28-10-8-24)23-20(25)14(2)29-18-6-4-15(21)11-17(18)22/h3-6,11-12,14H,7-10H2,1-2H3,(H,23,25)/t14-/m1/s1. The highest BCUT2D eigenvalue weighted by Gasteiger charge is 2.28. The molecule has 30 heavy (non-hydrogen) atoms. The van der Waals surface area contributed by atoms with E-state index in [1.54, 1.807) is 19.1 Å². The number of rotatable bonds is 6. The summed E-state index contributed by atoms with van der Waals surface area (Å²) in [7, 11) is -3.74. The summed E-state index contributed by atoms with van der Waals surface area (Å²) in [5.74, 6) is -2.56. The zero-order valence-corrected chi connectivity index (χ0v) is 17.3. The third-order valence-electron chi connectivity index (χ3n) is 4.61. The molecule has 0 radical (unpaired) electrons. The maximum Gasteiger partial charge on any atom is 0.265 e. The van der Waals surface area contributed by atoms with Crippen molar-refractivity contribution in [1.82, 2.24) is 4.31 Å². The summed E-state index contributed by atoms with van der Waals surface area (Å²) in [5, 5.41) is 2.57. The quantitative estimate of drug-likeness (QED) is 0.747. The second-order valence-electron chi connectivity index (χ2n) is 6.82. The van der Waals surface area contributed by atoms with Gasteiger partial charge < -0.3 is 14.8 Å². The number of sulfonamides is 1. The fourth-order valence-corrected chi connectivity index (χ4v) is 4.60. The van der Waals surface area contributed by atoms with Gasteiger partial charge in [-0.3, -0.25) is 4.79 Å². The van der Waals surface area contributed by atoms with Crippen molar-refractivity contribution in [3.8, 4) is 5.75 Å². The monoisotopic (exact) mass is 440 g/mol. The second-order valence-corrected chi connectivity index (χ2v) is 8.73. The first-order chi connectivity index (χ1) is 14.2. The van der Waals surface area contributed by atoms with Crippen molar-refractivity contribution >= 4 is 21.6 Å². The summed E-state index contributed by atoms with van der Waals surface area (Å²) in [5.41, 5.74) is 0.796. The van der Waals surface area contributed by atoms with E-state index in [4.69, 9.17) is 9.47 Å². The maximum absolute atomic E-state index is 13.7. The van der Waals surface area contributed by atoms with Gasteiger partial charge in [0.25, 0.3) is 5.91 Å². The molecule has 1 amide bonds. The number of halogens is 2. The van der Waals surface area contributed by atoms with Crippen LogP contribution in [0, 0.1) is 18.6 Å². The van der Waals surface area contributed by atoms with Crippen molar-refractivity contribution in [2.45, 2.75) is 24.8 Å². The number of benzene rings is 2. The Kier molecular flexibility index (Phi) is 6.69. The number of carbonyl (C=O) groups excluding carboxylic acids is 1. The van der Waals surface area contributed by atoms with E-state index in [2.05, 4.69) is 5.32 Å². The van der Waals surface area contributed by atoms with Crippen molar-refractivity contribution in [3.63, 3.8) is 0 Å². The fourth-order valence-electron chi connectivity index (χ4n) is 2.94. The van der Waals surface area contributed by atoms with Gasteiger partial charge in [0.1, 0.15) is 5.82 Å². The van der Waals surface area contributed by atoms with E-state index in [0.29, 0.717) is 24.8 Å². The average Bonchev–Trinajstić information content (AvgIpc) is 2.72. The highest BCUT2D eigenvalue weighted by molar-refractivity contribution is 7.89. The highest BCUT2D eigenvalue weighted by atomic mass is 32.2. The minimum Gasteiger partial charge on any atom is -0.478 e. The number of nitrogens with one attached hydrogen (secondary N) is 1. The number of hydrogen-bond acceptors (Lipinski definition) is 5. The van der Waals surface area contributed by atoms with Crippen molar-refractivity contribution in [2.75, 3.05) is 31.6 Å². The summed E-state index contributed by atoms with van der Waals surface area (Å²) in [6.45, 7) is 4.23. The number of ether oxygens (including phenoxy) is 2. The summed E-state index contributed by atoms with van der Waals surface area (Å²) >= 11 is 0. The average molecular weight is 440 g/mol. The van der Waals surface area contributed by atoms with Gasteiger partial charge in [-0.2, -0.15) is 4.31 Å². The summed E-state index contributed by atoms with van der Waals surface area (Å²) < 4.78 is 64.4. The Balaban J connectivity index is 1.75. The summed E-state index contributed by atoms with van der Waals surface area (Å²) in [6, 6.07) is 7.30. The van der Waals surface area contributed by atoms with Crippen LogP contribution >= 0.6 is 0 Å². The molecule has 1 heterocycles. The topological polar surface area (TPSA) is 84.9 Å². The molecule has 1 aliphatic rings. The van der Waals surface area contributed by atoms with Crippen LogP contribution in [-0.4, -0.2) is 51.0 Å². The smallest absolute Gasteiger partial charge is 0.265 e. The van der Waals surface area contributed by atoms with Crippen LogP contribution in [0.2, 0.25) is 0 Å². The lowest BCUT2D eigenvalue weighted by atomic mass is 10.2. The Hall–Kier alpha value is -2.56. The van der Waals surface area contributed by atoms with Crippen LogP contribution in [0.3, 0.4) is 0 Å². The molecule has 1 saturated heterocycles. The molecule has 2 aromatic rings. The fraction of sp³-hybridized carbons (Fsp3) is 0.350. The van der Waals surface area contributed by atoms with E-state index in [0.717, 1.165) is 12.1 Å². The third kappa shape index (κ3) is 4.94. The Morgan fingerprint density at radius 2 is 1.87 bits per heavy atom. The van der Waals surface area contributed by atoms with Crippen LogP contribution in [0.1, 0.15) is 12.5 Å². The Morgan fingerprint density at radius 3 is 2.53 bits per heavy atom. The molecule has 2 aromatic carbocycles. The van der Waals surface area contributed by atoms with Crippen LogP contribution < -0.4 is 10.1 Å². The number of aryl methyl sites for hydroxylation is 1. The molecule has 10 heteroatoms. The van der Waals surface area contributed by atoms with Gasteiger partial charge in [0.2, 0.25) is 10.0 Å². The second kappa shape index (κ2) is 9.07. The van der Waals surface area contributed by atoms with E-state index in [-0.39, 0.29) is 29.4 Å². The van der Waals surface area contributed by atoms with Crippen molar-refractivity contribution in [3.05, 3.63) is 53.6 Å². The normalized spacial score (nSPS) is 16.1. The lowest BCUT2D eigenvalue weighted by Crippen LogP contribution is -2.40. The Morgan fingerprint density at radius 1 is 1.17 bits per heavy atom. The zero-order chi connectivity index (χ0) is 21.9. The molecule has 0 aliphatic carbocycles. The molecule has 162 valence electrons. The van der Waals surface area contributed by atoms with Crippen LogP contribution in [0.5, 0.6) is 5.75 Å². The number of anilines is 1.